The summed E-state index contributed by atoms with van der Waals surface area (Å²) in [6.07, 6.45) is 5.96. The van der Waals surface area contributed by atoms with Crippen LogP contribution in [0.5, 0.6) is 0 Å². The van der Waals surface area contributed by atoms with E-state index in [1.54, 1.807) is 24.3 Å². The molecule has 2 N–H and O–H groups in total. The van der Waals surface area contributed by atoms with E-state index in [2.05, 4.69) is 29.5 Å². The number of aromatic nitrogens is 4. The highest BCUT2D eigenvalue weighted by molar-refractivity contribution is 6.76. The number of fused-ring (bicyclic) bond motifs is 1. The van der Waals surface area contributed by atoms with E-state index in [0.29, 0.717) is 30.6 Å². The Morgan fingerprint density at radius 3 is 2.71 bits per heavy atom. The van der Waals surface area contributed by atoms with Crippen LogP contribution < -0.4 is 10.6 Å². The molecule has 38 heavy (non-hydrogen) atoms. The van der Waals surface area contributed by atoms with Crippen molar-refractivity contribution in [2.75, 3.05) is 37.4 Å². The molecule has 0 saturated carbocycles. The molecule has 0 spiro atoms. The third-order valence-corrected chi connectivity index (χ3v) is 8.36. The number of rotatable bonds is 8. The second-order valence-corrected chi connectivity index (χ2v) is 17.8. The lowest BCUT2D eigenvalue weighted by Gasteiger charge is -2.28. The van der Waals surface area contributed by atoms with Gasteiger partial charge in [0.05, 0.1) is 17.4 Å². The van der Waals surface area contributed by atoms with Gasteiger partial charge in [0.25, 0.3) is 0 Å². The minimum atomic E-state index is -1.13. The van der Waals surface area contributed by atoms with Crippen molar-refractivity contribution in [3.05, 3.63) is 30.7 Å². The van der Waals surface area contributed by atoms with Gasteiger partial charge in [-0.3, -0.25) is 0 Å². The zero-order valence-electron chi connectivity index (χ0n) is 23.7. The van der Waals surface area contributed by atoms with Crippen molar-refractivity contribution in [2.45, 2.75) is 71.3 Å². The van der Waals surface area contributed by atoms with Crippen molar-refractivity contribution in [3.8, 4) is 11.3 Å². The molecule has 0 aliphatic carbocycles. The van der Waals surface area contributed by atoms with E-state index in [1.165, 1.54) is 0 Å². The van der Waals surface area contributed by atoms with Gasteiger partial charge in [0.15, 0.2) is 0 Å². The van der Waals surface area contributed by atoms with Crippen molar-refractivity contribution in [2.24, 2.45) is 0 Å². The molecule has 4 rings (SSSR count). The molecule has 1 saturated heterocycles. The van der Waals surface area contributed by atoms with Crippen molar-refractivity contribution in [1.29, 1.82) is 0 Å². The highest BCUT2D eigenvalue weighted by Crippen LogP contribution is 2.32. The molecule has 4 heterocycles. The van der Waals surface area contributed by atoms with Gasteiger partial charge in [-0.15, -0.1) is 0 Å². The summed E-state index contributed by atoms with van der Waals surface area (Å²) in [6.45, 7) is 15.2. The van der Waals surface area contributed by atoms with E-state index in [0.717, 1.165) is 42.2 Å². The summed E-state index contributed by atoms with van der Waals surface area (Å²) in [4.78, 5) is 30.3. The highest BCUT2D eigenvalue weighted by Gasteiger charge is 2.32. The molecule has 0 radical (unpaired) electrons. The van der Waals surface area contributed by atoms with Crippen LogP contribution in [-0.2, 0) is 16.2 Å². The third kappa shape index (κ3) is 6.62. The summed E-state index contributed by atoms with van der Waals surface area (Å²) >= 11 is 0. The number of pyridine rings is 1. The van der Waals surface area contributed by atoms with E-state index in [4.69, 9.17) is 25.2 Å². The lowest BCUT2D eigenvalue weighted by atomic mass is 10.1. The van der Waals surface area contributed by atoms with Gasteiger partial charge < -0.3 is 29.6 Å². The maximum atomic E-state index is 12.5. The summed E-state index contributed by atoms with van der Waals surface area (Å²) < 4.78 is 13.4. The summed E-state index contributed by atoms with van der Waals surface area (Å²) in [5.74, 6) is 0.607. The molecule has 1 amide bonds. The van der Waals surface area contributed by atoms with Crippen LogP contribution in [0.15, 0.2) is 30.7 Å². The predicted molar refractivity (Wildman–Crippen MR) is 154 cm³/mol. The Morgan fingerprint density at radius 2 is 2.00 bits per heavy atom. The van der Waals surface area contributed by atoms with Crippen LogP contribution in [0.3, 0.4) is 0 Å². The molecule has 1 fully saturated rings. The quantitative estimate of drug-likeness (QED) is 0.320. The smallest absolute Gasteiger partial charge is 0.410 e. The molecule has 10 nitrogen and oxygen atoms in total. The van der Waals surface area contributed by atoms with Crippen LogP contribution in [0.2, 0.25) is 25.7 Å². The zero-order valence-corrected chi connectivity index (χ0v) is 24.7. The zero-order chi connectivity index (χ0) is 27.7. The van der Waals surface area contributed by atoms with Gasteiger partial charge in [-0.1, -0.05) is 19.6 Å². The minimum absolute atomic E-state index is 0.0212. The fraction of sp³-hybridized carbons (Fsp3) is 0.556. The van der Waals surface area contributed by atoms with Gasteiger partial charge in [0.2, 0.25) is 5.95 Å². The maximum Gasteiger partial charge on any atom is 0.410 e. The van der Waals surface area contributed by atoms with Gasteiger partial charge in [-0.2, -0.15) is 0 Å². The van der Waals surface area contributed by atoms with Crippen molar-refractivity contribution in [3.63, 3.8) is 0 Å². The Balaban J connectivity index is 1.46. The monoisotopic (exact) mass is 539 g/mol. The van der Waals surface area contributed by atoms with E-state index in [9.17, 15) is 4.79 Å². The van der Waals surface area contributed by atoms with Gasteiger partial charge >= 0.3 is 6.09 Å². The molecule has 0 aromatic carbocycles. The Labute approximate surface area is 226 Å². The third-order valence-electron chi connectivity index (χ3n) is 6.65. The van der Waals surface area contributed by atoms with Gasteiger partial charge in [-0.25, -0.2) is 19.7 Å². The fourth-order valence-electron chi connectivity index (χ4n) is 4.38. The Morgan fingerprint density at radius 1 is 1.24 bits per heavy atom. The Bertz CT molecular complexity index is 1280. The number of nitrogen functional groups attached to an aromatic ring is 1. The van der Waals surface area contributed by atoms with Gasteiger partial charge in [0, 0.05) is 64.4 Å². The molecule has 1 aliphatic rings. The molecule has 1 atom stereocenters. The standard InChI is InChI=1S/C27H41N7O3Si/c1-27(2,3)37-26(35)32(4)19-9-12-33(17-19)25-29-11-8-22(31-25)21-16-30-24-20(23(21)28)10-13-34(24)18-36-14-15-38(5,6)7/h8,10-11,13,16,19H,9,12,14-15,17-18H2,1-7H3,(H2,28,30). The van der Waals surface area contributed by atoms with Crippen LogP contribution in [-0.4, -0.2) is 77.0 Å². The Hall–Kier alpha value is -3.18. The number of ether oxygens (including phenoxy) is 2. The second kappa shape index (κ2) is 10.9. The molecular formula is C27H41N7O3Si. The summed E-state index contributed by atoms with van der Waals surface area (Å²) in [5, 5.41) is 0.872. The normalized spacial score (nSPS) is 16.3. The number of carbonyl (C=O) groups excluding carboxylic acids is 1. The fourth-order valence-corrected chi connectivity index (χ4v) is 5.14. The number of nitrogens with zero attached hydrogens (tertiary/aromatic N) is 6. The Kier molecular flexibility index (Phi) is 7.98. The second-order valence-electron chi connectivity index (χ2n) is 12.2. The topological polar surface area (TPSA) is 112 Å². The number of anilines is 2. The first-order chi connectivity index (χ1) is 17.8. The molecule has 3 aromatic heterocycles. The lowest BCUT2D eigenvalue weighted by molar-refractivity contribution is 0.0238. The molecule has 206 valence electrons. The highest BCUT2D eigenvalue weighted by atomic mass is 28.3. The van der Waals surface area contributed by atoms with Crippen LogP contribution in [0.4, 0.5) is 16.4 Å². The van der Waals surface area contributed by atoms with E-state index in [1.807, 2.05) is 43.7 Å². The number of likely N-dealkylation sites (N-methyl/N-ethyl adjacent to an activating group) is 1. The molecule has 11 heteroatoms. The maximum absolute atomic E-state index is 12.5. The molecule has 3 aromatic rings. The lowest BCUT2D eigenvalue weighted by Crippen LogP contribution is -2.42. The average molecular weight is 540 g/mol. The van der Waals surface area contributed by atoms with E-state index in [-0.39, 0.29) is 12.1 Å². The minimum Gasteiger partial charge on any atom is -0.444 e. The summed E-state index contributed by atoms with van der Waals surface area (Å²) in [5.41, 5.74) is 8.97. The van der Waals surface area contributed by atoms with Crippen molar-refractivity contribution in [1.82, 2.24) is 24.4 Å². The van der Waals surface area contributed by atoms with Crippen LogP contribution in [0, 0.1) is 0 Å². The summed E-state index contributed by atoms with van der Waals surface area (Å²) in [7, 11) is 0.649. The van der Waals surface area contributed by atoms with Gasteiger partial charge in [-0.05, 0) is 45.4 Å². The summed E-state index contributed by atoms with van der Waals surface area (Å²) in [6, 6.07) is 4.96. The predicted octanol–water partition coefficient (Wildman–Crippen LogP) is 4.83. The first-order valence-corrected chi connectivity index (χ1v) is 16.9. The number of hydrogen-bond donors (Lipinski definition) is 1. The first-order valence-electron chi connectivity index (χ1n) is 13.2. The number of hydrogen-bond acceptors (Lipinski definition) is 8. The largest absolute Gasteiger partial charge is 0.444 e. The van der Waals surface area contributed by atoms with Gasteiger partial charge in [0.1, 0.15) is 18.0 Å². The molecule has 1 aliphatic heterocycles. The van der Waals surface area contributed by atoms with Crippen LogP contribution in [0.1, 0.15) is 27.2 Å². The number of carbonyl (C=O) groups is 1. The van der Waals surface area contributed by atoms with Crippen LogP contribution in [0.25, 0.3) is 22.3 Å². The van der Waals surface area contributed by atoms with Crippen molar-refractivity contribution < 1.29 is 14.3 Å². The van der Waals surface area contributed by atoms with Crippen molar-refractivity contribution >= 4 is 36.8 Å². The average Bonchev–Trinajstić information content (AvgIpc) is 3.48. The van der Waals surface area contributed by atoms with Crippen LogP contribution >= 0.6 is 0 Å². The molecular weight excluding hydrogens is 498 g/mol. The number of nitrogens with two attached hydrogens (primary N) is 1. The SMILES string of the molecule is CN(C(=O)OC(C)(C)C)C1CCN(c2nccc(-c3cnc4c(ccn4COCC[Si](C)(C)C)c3N)n2)C1. The van der Waals surface area contributed by atoms with E-state index < -0.39 is 13.7 Å². The molecule has 1 unspecified atom stereocenters. The van der Waals surface area contributed by atoms with E-state index >= 15 is 0 Å². The first kappa shape index (κ1) is 27.8. The number of amides is 1. The molecule has 0 bridgehead atoms.